The Labute approximate surface area is 118 Å². The van der Waals surface area contributed by atoms with Gasteiger partial charge in [0.1, 0.15) is 0 Å². The molecule has 0 spiro atoms. The number of ketones is 1. The summed E-state index contributed by atoms with van der Waals surface area (Å²) in [7, 11) is 1.28. The molecule has 0 amide bonds. The minimum atomic E-state index is -0.695. The van der Waals surface area contributed by atoms with Crippen LogP contribution in [0.2, 0.25) is 0 Å². The number of esters is 1. The van der Waals surface area contributed by atoms with E-state index in [1.165, 1.54) is 7.11 Å². The summed E-state index contributed by atoms with van der Waals surface area (Å²) in [4.78, 5) is 23.7. The Bertz CT molecular complexity index is 453. The van der Waals surface area contributed by atoms with Crippen molar-refractivity contribution in [3.8, 4) is 0 Å². The quantitative estimate of drug-likeness (QED) is 0.577. The summed E-state index contributed by atoms with van der Waals surface area (Å²) in [5.41, 5.74) is 1.59. The van der Waals surface area contributed by atoms with E-state index in [2.05, 4.69) is 10.1 Å². The molecule has 0 aliphatic carbocycles. The highest BCUT2D eigenvalue weighted by Gasteiger charge is 2.23. The van der Waals surface area contributed by atoms with E-state index in [4.69, 9.17) is 0 Å². The molecular weight excluding hydrogens is 258 g/mol. The maximum absolute atomic E-state index is 12.4. The average Bonchev–Trinajstić information content (AvgIpc) is 2.43. The van der Waals surface area contributed by atoms with Crippen molar-refractivity contribution in [2.75, 3.05) is 13.7 Å². The molecule has 0 aromatic heterocycles. The van der Waals surface area contributed by atoms with Crippen molar-refractivity contribution in [3.63, 3.8) is 0 Å². The lowest BCUT2D eigenvalue weighted by atomic mass is 10.0. The van der Waals surface area contributed by atoms with E-state index in [9.17, 15) is 14.7 Å². The molecule has 5 heteroatoms. The van der Waals surface area contributed by atoms with Crippen molar-refractivity contribution in [2.45, 2.75) is 32.4 Å². The summed E-state index contributed by atoms with van der Waals surface area (Å²) in [5.74, 6) is -0.649. The topological polar surface area (TPSA) is 75.6 Å². The normalized spacial score (nSPS) is 13.6. The Morgan fingerprint density at radius 2 is 1.90 bits per heavy atom. The van der Waals surface area contributed by atoms with Crippen LogP contribution in [-0.2, 0) is 9.53 Å². The first kappa shape index (κ1) is 16.3. The molecule has 0 aliphatic rings. The molecule has 0 heterocycles. The van der Waals surface area contributed by atoms with E-state index < -0.39 is 18.1 Å². The largest absolute Gasteiger partial charge is 0.469 e. The molecule has 0 radical (unpaired) electrons. The minimum absolute atomic E-state index is 0.0596. The third-order valence-electron chi connectivity index (χ3n) is 2.91. The number of aryl methyl sites for hydroxylation is 1. The Hall–Kier alpha value is -1.72. The van der Waals surface area contributed by atoms with Crippen molar-refractivity contribution in [1.82, 2.24) is 5.32 Å². The van der Waals surface area contributed by atoms with Gasteiger partial charge in [-0.2, -0.15) is 0 Å². The van der Waals surface area contributed by atoms with Crippen LogP contribution >= 0.6 is 0 Å². The third kappa shape index (κ3) is 5.11. The summed E-state index contributed by atoms with van der Waals surface area (Å²) < 4.78 is 4.60. The number of Topliss-reactive ketones (excluding diaryl/α,β-unsaturated/α-hetero) is 1. The van der Waals surface area contributed by atoms with Gasteiger partial charge in [0.25, 0.3) is 0 Å². The summed E-state index contributed by atoms with van der Waals surface area (Å²) in [6.45, 7) is 3.78. The van der Waals surface area contributed by atoms with Crippen LogP contribution in [0.15, 0.2) is 24.3 Å². The summed E-state index contributed by atoms with van der Waals surface area (Å²) in [5, 5.41) is 12.2. The van der Waals surface area contributed by atoms with Gasteiger partial charge in [-0.1, -0.05) is 29.8 Å². The Kier molecular flexibility index (Phi) is 6.35. The van der Waals surface area contributed by atoms with Crippen LogP contribution in [0.1, 0.15) is 29.3 Å². The highest BCUT2D eigenvalue weighted by molar-refractivity contribution is 6.01. The van der Waals surface area contributed by atoms with Crippen LogP contribution in [0, 0.1) is 6.92 Å². The fourth-order valence-electron chi connectivity index (χ4n) is 1.74. The van der Waals surface area contributed by atoms with Gasteiger partial charge in [-0.3, -0.25) is 9.59 Å². The minimum Gasteiger partial charge on any atom is -0.469 e. The van der Waals surface area contributed by atoms with Gasteiger partial charge in [0.15, 0.2) is 5.78 Å². The van der Waals surface area contributed by atoms with Gasteiger partial charge in [0.05, 0.1) is 25.7 Å². The number of carbonyl (C=O) groups is 2. The molecule has 1 rings (SSSR count). The average molecular weight is 279 g/mol. The van der Waals surface area contributed by atoms with Gasteiger partial charge in [-0.25, -0.2) is 0 Å². The van der Waals surface area contributed by atoms with Crippen molar-refractivity contribution in [3.05, 3.63) is 35.4 Å². The van der Waals surface area contributed by atoms with Gasteiger partial charge in [0, 0.05) is 12.1 Å². The van der Waals surface area contributed by atoms with Gasteiger partial charge in [0.2, 0.25) is 0 Å². The fraction of sp³-hybridized carbons (Fsp3) is 0.467. The molecule has 2 unspecified atom stereocenters. The molecule has 0 aliphatic heterocycles. The lowest BCUT2D eigenvalue weighted by Crippen LogP contribution is -2.42. The highest BCUT2D eigenvalue weighted by Crippen LogP contribution is 2.09. The number of methoxy groups -OCH3 is 1. The van der Waals surface area contributed by atoms with E-state index in [1.54, 1.807) is 19.1 Å². The molecule has 2 atom stereocenters. The monoisotopic (exact) mass is 279 g/mol. The van der Waals surface area contributed by atoms with Crippen molar-refractivity contribution in [1.29, 1.82) is 0 Å². The van der Waals surface area contributed by atoms with E-state index in [0.717, 1.165) is 5.56 Å². The summed E-state index contributed by atoms with van der Waals surface area (Å²) in [6.07, 6.45) is -0.656. The lowest BCUT2D eigenvalue weighted by Gasteiger charge is -2.17. The van der Waals surface area contributed by atoms with E-state index in [0.29, 0.717) is 5.56 Å². The number of ether oxygens (including phenoxy) is 1. The first-order valence-corrected chi connectivity index (χ1v) is 6.53. The second-order valence-electron chi connectivity index (χ2n) is 4.82. The third-order valence-corrected chi connectivity index (χ3v) is 2.91. The number of hydrogen-bond donors (Lipinski definition) is 2. The zero-order chi connectivity index (χ0) is 15.1. The highest BCUT2D eigenvalue weighted by atomic mass is 16.5. The predicted molar refractivity (Wildman–Crippen MR) is 75.6 cm³/mol. The summed E-state index contributed by atoms with van der Waals surface area (Å²) >= 11 is 0. The van der Waals surface area contributed by atoms with Crippen LogP contribution in [0.25, 0.3) is 0 Å². The van der Waals surface area contributed by atoms with Crippen LogP contribution in [0.5, 0.6) is 0 Å². The maximum atomic E-state index is 12.4. The van der Waals surface area contributed by atoms with Crippen molar-refractivity contribution < 1.29 is 19.4 Å². The first-order valence-electron chi connectivity index (χ1n) is 6.53. The number of aliphatic hydroxyl groups excluding tert-OH is 1. The molecule has 0 bridgehead atoms. The number of rotatable bonds is 7. The van der Waals surface area contributed by atoms with Crippen LogP contribution in [0.4, 0.5) is 0 Å². The standard InChI is InChI=1S/C15H21NO4/c1-10-4-6-12(7-5-10)15(19)13(8-14(18)20-3)16-9-11(2)17/h4-7,11,13,16-17H,8-9H2,1-3H3. The van der Waals surface area contributed by atoms with Crippen LogP contribution < -0.4 is 5.32 Å². The Morgan fingerprint density at radius 1 is 1.30 bits per heavy atom. The second-order valence-corrected chi connectivity index (χ2v) is 4.82. The number of nitrogens with one attached hydrogen (secondary N) is 1. The molecule has 0 fully saturated rings. The second kappa shape index (κ2) is 7.77. The fourth-order valence-corrected chi connectivity index (χ4v) is 1.74. The zero-order valence-electron chi connectivity index (χ0n) is 12.1. The lowest BCUT2D eigenvalue weighted by molar-refractivity contribution is -0.141. The number of hydrogen-bond acceptors (Lipinski definition) is 5. The number of carbonyl (C=O) groups excluding carboxylic acids is 2. The molecule has 0 saturated heterocycles. The first-order chi connectivity index (χ1) is 9.43. The SMILES string of the molecule is COC(=O)CC(NCC(C)O)C(=O)c1ccc(C)cc1. The van der Waals surface area contributed by atoms with Crippen LogP contribution in [-0.4, -0.2) is 42.7 Å². The summed E-state index contributed by atoms with van der Waals surface area (Å²) in [6, 6.07) is 6.45. The molecule has 5 nitrogen and oxygen atoms in total. The van der Waals surface area contributed by atoms with E-state index in [-0.39, 0.29) is 18.7 Å². The zero-order valence-corrected chi connectivity index (χ0v) is 12.1. The van der Waals surface area contributed by atoms with Crippen molar-refractivity contribution >= 4 is 11.8 Å². The van der Waals surface area contributed by atoms with Gasteiger partial charge in [-0.15, -0.1) is 0 Å². The van der Waals surface area contributed by atoms with Gasteiger partial charge >= 0.3 is 5.97 Å². The van der Waals surface area contributed by atoms with Gasteiger partial charge in [-0.05, 0) is 13.8 Å². The molecule has 110 valence electrons. The number of aliphatic hydroxyl groups is 1. The predicted octanol–water partition coefficient (Wildman–Crippen LogP) is 1.08. The molecule has 20 heavy (non-hydrogen) atoms. The molecule has 1 aromatic carbocycles. The van der Waals surface area contributed by atoms with E-state index >= 15 is 0 Å². The maximum Gasteiger partial charge on any atom is 0.307 e. The molecule has 2 N–H and O–H groups in total. The smallest absolute Gasteiger partial charge is 0.307 e. The Morgan fingerprint density at radius 3 is 2.40 bits per heavy atom. The molecule has 1 aromatic rings. The van der Waals surface area contributed by atoms with Gasteiger partial charge < -0.3 is 15.2 Å². The number of benzene rings is 1. The van der Waals surface area contributed by atoms with Crippen molar-refractivity contribution in [2.24, 2.45) is 0 Å². The molecular formula is C15H21NO4. The van der Waals surface area contributed by atoms with Crippen LogP contribution in [0.3, 0.4) is 0 Å². The molecule has 0 saturated carbocycles. The van der Waals surface area contributed by atoms with E-state index in [1.807, 2.05) is 19.1 Å². The Balaban J connectivity index is 2.82.